The van der Waals surface area contributed by atoms with Crippen LogP contribution in [0.25, 0.3) is 0 Å². The molecular formula is C21H31IN4O3. The lowest BCUT2D eigenvalue weighted by molar-refractivity contribution is 0.143. The molecule has 1 aromatic heterocycles. The molecule has 0 saturated heterocycles. The van der Waals surface area contributed by atoms with Crippen LogP contribution in [0.5, 0.6) is 11.6 Å². The van der Waals surface area contributed by atoms with Crippen LogP contribution in [0, 0.1) is 6.92 Å². The molecule has 29 heavy (non-hydrogen) atoms. The van der Waals surface area contributed by atoms with Crippen molar-refractivity contribution in [2.24, 2.45) is 4.99 Å². The first-order chi connectivity index (χ1) is 13.7. The van der Waals surface area contributed by atoms with E-state index in [2.05, 4.69) is 32.7 Å². The second-order valence-corrected chi connectivity index (χ2v) is 6.21. The van der Waals surface area contributed by atoms with E-state index in [-0.39, 0.29) is 24.0 Å². The second-order valence-electron chi connectivity index (χ2n) is 6.21. The number of aromatic nitrogens is 1. The Morgan fingerprint density at radius 1 is 1.10 bits per heavy atom. The highest BCUT2D eigenvalue weighted by molar-refractivity contribution is 14.0. The Labute approximate surface area is 190 Å². The summed E-state index contributed by atoms with van der Waals surface area (Å²) in [6, 6.07) is 9.98. The van der Waals surface area contributed by atoms with Gasteiger partial charge in [-0.1, -0.05) is 18.2 Å². The average molecular weight is 514 g/mol. The Hall–Kier alpha value is -2.07. The first kappa shape index (κ1) is 25.0. The summed E-state index contributed by atoms with van der Waals surface area (Å²) in [6.07, 6.45) is 1.78. The van der Waals surface area contributed by atoms with E-state index in [1.165, 1.54) is 5.56 Å². The van der Waals surface area contributed by atoms with Gasteiger partial charge in [0.2, 0.25) is 5.88 Å². The van der Waals surface area contributed by atoms with Gasteiger partial charge in [0, 0.05) is 38.0 Å². The molecule has 0 amide bonds. The monoisotopic (exact) mass is 514 g/mol. The molecule has 2 rings (SSSR count). The number of nitrogens with one attached hydrogen (secondary N) is 2. The van der Waals surface area contributed by atoms with Crippen LogP contribution in [-0.2, 0) is 17.8 Å². The van der Waals surface area contributed by atoms with E-state index in [1.54, 1.807) is 20.4 Å². The normalized spacial score (nSPS) is 10.8. The van der Waals surface area contributed by atoms with Crippen molar-refractivity contribution in [1.29, 1.82) is 0 Å². The number of halogens is 1. The summed E-state index contributed by atoms with van der Waals surface area (Å²) in [7, 11) is 3.33. The van der Waals surface area contributed by atoms with Crippen LogP contribution in [-0.4, -0.2) is 44.9 Å². The van der Waals surface area contributed by atoms with Gasteiger partial charge in [-0.3, -0.25) is 0 Å². The molecule has 0 bridgehead atoms. The predicted molar refractivity (Wildman–Crippen MR) is 126 cm³/mol. The van der Waals surface area contributed by atoms with Gasteiger partial charge in [0.15, 0.2) is 5.96 Å². The number of rotatable bonds is 10. The first-order valence-electron chi connectivity index (χ1n) is 9.38. The van der Waals surface area contributed by atoms with Gasteiger partial charge in [-0.15, -0.1) is 24.0 Å². The maximum Gasteiger partial charge on any atom is 0.213 e. The van der Waals surface area contributed by atoms with E-state index in [0.29, 0.717) is 32.2 Å². The van der Waals surface area contributed by atoms with Crippen LogP contribution in [0.2, 0.25) is 0 Å². The van der Waals surface area contributed by atoms with Gasteiger partial charge in [-0.05, 0) is 31.0 Å². The van der Waals surface area contributed by atoms with Crippen molar-refractivity contribution in [3.05, 3.63) is 53.2 Å². The second kappa shape index (κ2) is 14.0. The largest absolute Gasteiger partial charge is 0.496 e. The fourth-order valence-corrected chi connectivity index (χ4v) is 2.51. The number of aliphatic imine (C=N–C) groups is 1. The van der Waals surface area contributed by atoms with Gasteiger partial charge in [-0.2, -0.15) is 0 Å². The molecular weight excluding hydrogens is 483 g/mol. The van der Waals surface area contributed by atoms with Gasteiger partial charge in [-0.25, -0.2) is 9.98 Å². The van der Waals surface area contributed by atoms with E-state index in [1.807, 2.05) is 32.0 Å². The minimum Gasteiger partial charge on any atom is -0.496 e. The van der Waals surface area contributed by atoms with Crippen LogP contribution in [0.3, 0.4) is 0 Å². The standard InChI is InChI=1S/C21H30N4O3.HI/c1-5-22-21(25-15-18-8-6-16(2)12-19(18)27-4)24-14-17-7-9-20(23-13-17)28-11-10-26-3;/h6-9,12-13H,5,10-11,14-15H2,1-4H3,(H2,22,24,25);1H. The van der Waals surface area contributed by atoms with Crippen LogP contribution in [0.1, 0.15) is 23.6 Å². The van der Waals surface area contributed by atoms with Crippen LogP contribution >= 0.6 is 24.0 Å². The number of hydrogen-bond acceptors (Lipinski definition) is 5. The number of hydrogen-bond donors (Lipinski definition) is 2. The highest BCUT2D eigenvalue weighted by Gasteiger charge is 2.05. The average Bonchev–Trinajstić information content (AvgIpc) is 2.71. The minimum atomic E-state index is 0. The number of pyridine rings is 1. The molecule has 0 fully saturated rings. The molecule has 2 N–H and O–H groups in total. The molecule has 0 aliphatic heterocycles. The quantitative estimate of drug-likeness (QED) is 0.219. The highest BCUT2D eigenvalue weighted by atomic mass is 127. The molecule has 0 aliphatic rings. The summed E-state index contributed by atoms with van der Waals surface area (Å²) in [5, 5.41) is 6.60. The lowest BCUT2D eigenvalue weighted by Crippen LogP contribution is -2.36. The van der Waals surface area contributed by atoms with Crippen molar-refractivity contribution in [2.45, 2.75) is 26.9 Å². The zero-order valence-electron chi connectivity index (χ0n) is 17.5. The smallest absolute Gasteiger partial charge is 0.213 e. The molecule has 2 aromatic rings. The van der Waals surface area contributed by atoms with Crippen molar-refractivity contribution >= 4 is 29.9 Å². The zero-order chi connectivity index (χ0) is 20.2. The molecule has 0 spiro atoms. The molecule has 1 aromatic carbocycles. The summed E-state index contributed by atoms with van der Waals surface area (Å²) in [5.41, 5.74) is 3.26. The van der Waals surface area contributed by atoms with E-state index in [9.17, 15) is 0 Å². The van der Waals surface area contributed by atoms with Crippen molar-refractivity contribution in [1.82, 2.24) is 15.6 Å². The molecule has 7 nitrogen and oxygen atoms in total. The predicted octanol–water partition coefficient (Wildman–Crippen LogP) is 3.30. The van der Waals surface area contributed by atoms with E-state index >= 15 is 0 Å². The Morgan fingerprint density at radius 3 is 2.59 bits per heavy atom. The third-order valence-electron chi connectivity index (χ3n) is 3.99. The van der Waals surface area contributed by atoms with Crippen molar-refractivity contribution in [3.63, 3.8) is 0 Å². The number of ether oxygens (including phenoxy) is 3. The molecule has 0 saturated carbocycles. The molecule has 0 atom stereocenters. The van der Waals surface area contributed by atoms with Gasteiger partial charge in [0.25, 0.3) is 0 Å². The van der Waals surface area contributed by atoms with Crippen LogP contribution in [0.4, 0.5) is 0 Å². The number of nitrogens with zero attached hydrogens (tertiary/aromatic N) is 2. The van der Waals surface area contributed by atoms with E-state index in [0.717, 1.165) is 29.4 Å². The maximum atomic E-state index is 5.47. The summed E-state index contributed by atoms with van der Waals surface area (Å²) < 4.78 is 15.9. The topological polar surface area (TPSA) is 77.0 Å². The van der Waals surface area contributed by atoms with Gasteiger partial charge >= 0.3 is 0 Å². The lowest BCUT2D eigenvalue weighted by atomic mass is 10.1. The fraction of sp³-hybridized carbons (Fsp3) is 0.429. The maximum absolute atomic E-state index is 5.47. The fourth-order valence-electron chi connectivity index (χ4n) is 2.51. The Balaban J connectivity index is 0.00000420. The summed E-state index contributed by atoms with van der Waals surface area (Å²) >= 11 is 0. The van der Waals surface area contributed by atoms with Crippen LogP contribution < -0.4 is 20.1 Å². The van der Waals surface area contributed by atoms with Crippen molar-refractivity contribution in [3.8, 4) is 11.6 Å². The summed E-state index contributed by atoms with van der Waals surface area (Å²) in [4.78, 5) is 8.92. The SMILES string of the molecule is CCNC(=NCc1ccc(OCCOC)nc1)NCc1ccc(C)cc1OC.I. The minimum absolute atomic E-state index is 0. The van der Waals surface area contributed by atoms with E-state index < -0.39 is 0 Å². The number of aryl methyl sites for hydroxylation is 1. The summed E-state index contributed by atoms with van der Waals surface area (Å²) in [5.74, 6) is 2.20. The van der Waals surface area contributed by atoms with E-state index in [4.69, 9.17) is 14.2 Å². The Bertz CT molecular complexity index is 754. The lowest BCUT2D eigenvalue weighted by Gasteiger charge is -2.14. The summed E-state index contributed by atoms with van der Waals surface area (Å²) in [6.45, 7) is 7.03. The van der Waals surface area contributed by atoms with Crippen molar-refractivity contribution in [2.75, 3.05) is 34.0 Å². The number of guanidine groups is 1. The Kier molecular flexibility index (Phi) is 12.1. The van der Waals surface area contributed by atoms with Crippen molar-refractivity contribution < 1.29 is 14.2 Å². The Morgan fingerprint density at radius 2 is 1.93 bits per heavy atom. The molecule has 0 aliphatic carbocycles. The molecule has 160 valence electrons. The number of benzene rings is 1. The van der Waals surface area contributed by atoms with Crippen LogP contribution in [0.15, 0.2) is 41.5 Å². The third kappa shape index (κ3) is 8.86. The van der Waals surface area contributed by atoms with Gasteiger partial charge in [0.05, 0.1) is 20.3 Å². The molecule has 8 heteroatoms. The van der Waals surface area contributed by atoms with Gasteiger partial charge in [0.1, 0.15) is 12.4 Å². The highest BCUT2D eigenvalue weighted by Crippen LogP contribution is 2.19. The third-order valence-corrected chi connectivity index (χ3v) is 3.99. The van der Waals surface area contributed by atoms with Gasteiger partial charge < -0.3 is 24.8 Å². The molecule has 1 heterocycles. The molecule has 0 radical (unpaired) electrons. The zero-order valence-corrected chi connectivity index (χ0v) is 19.9. The first-order valence-corrected chi connectivity index (χ1v) is 9.38. The molecule has 0 unspecified atom stereocenters. The number of methoxy groups -OCH3 is 2.